The van der Waals surface area contributed by atoms with Crippen LogP contribution in [-0.2, 0) is 6.54 Å². The third-order valence-corrected chi connectivity index (χ3v) is 6.66. The van der Waals surface area contributed by atoms with Crippen molar-refractivity contribution in [2.24, 2.45) is 0 Å². The fraction of sp³-hybridized carbons (Fsp3) is 0.375. The summed E-state index contributed by atoms with van der Waals surface area (Å²) in [6.07, 6.45) is 12.2. The molecule has 1 aliphatic carbocycles. The first-order chi connectivity index (χ1) is 14.8. The lowest BCUT2D eigenvalue weighted by atomic mass is 9.92. The van der Waals surface area contributed by atoms with E-state index in [4.69, 9.17) is 12.2 Å². The highest BCUT2D eigenvalue weighted by Crippen LogP contribution is 2.42. The maximum absolute atomic E-state index is 5.89. The molecule has 2 aliphatic rings. The van der Waals surface area contributed by atoms with Crippen LogP contribution in [-0.4, -0.2) is 30.6 Å². The minimum absolute atomic E-state index is 0.0398. The zero-order valence-electron chi connectivity index (χ0n) is 17.0. The van der Waals surface area contributed by atoms with Gasteiger partial charge in [-0.15, -0.1) is 0 Å². The quantitative estimate of drug-likeness (QED) is 0.613. The summed E-state index contributed by atoms with van der Waals surface area (Å²) in [5, 5.41) is 4.47. The first-order valence-electron chi connectivity index (χ1n) is 10.9. The van der Waals surface area contributed by atoms with Crippen molar-refractivity contribution < 1.29 is 0 Å². The molecular weight excluding hydrogens is 390 g/mol. The van der Waals surface area contributed by atoms with Gasteiger partial charge in [0.15, 0.2) is 5.11 Å². The van der Waals surface area contributed by atoms with E-state index < -0.39 is 0 Å². The first kappa shape index (κ1) is 19.2. The van der Waals surface area contributed by atoms with Gasteiger partial charge in [-0.25, -0.2) is 0 Å². The predicted octanol–water partition coefficient (Wildman–Crippen LogP) is 4.63. The Morgan fingerprint density at radius 3 is 2.47 bits per heavy atom. The molecule has 2 fully saturated rings. The smallest absolute Gasteiger partial charge is 0.170 e. The second-order valence-corrected chi connectivity index (χ2v) is 8.59. The molecular formula is C24H27N5S. The van der Waals surface area contributed by atoms with Crippen LogP contribution in [0.5, 0.6) is 0 Å². The van der Waals surface area contributed by atoms with Crippen LogP contribution in [0.25, 0.3) is 0 Å². The van der Waals surface area contributed by atoms with Crippen molar-refractivity contribution >= 4 is 17.3 Å². The molecule has 154 valence electrons. The van der Waals surface area contributed by atoms with Gasteiger partial charge in [-0.2, -0.15) is 0 Å². The lowest BCUT2D eigenvalue weighted by Gasteiger charge is -2.37. The molecule has 1 N–H and O–H groups in total. The largest absolute Gasteiger partial charge is 0.352 e. The number of thiocarbonyl (C=S) groups is 1. The number of nitrogens with zero attached hydrogens (tertiary/aromatic N) is 4. The summed E-state index contributed by atoms with van der Waals surface area (Å²) in [4.78, 5) is 11.7. The van der Waals surface area contributed by atoms with E-state index in [1.54, 1.807) is 0 Å². The van der Waals surface area contributed by atoms with Crippen molar-refractivity contribution in [2.45, 2.75) is 56.8 Å². The number of rotatable bonds is 5. The number of hydrogen-bond donors (Lipinski definition) is 1. The highest BCUT2D eigenvalue weighted by atomic mass is 32.1. The fourth-order valence-electron chi connectivity index (χ4n) is 4.94. The molecule has 0 spiro atoms. The number of aromatic nitrogens is 3. The minimum atomic E-state index is 0.0398. The van der Waals surface area contributed by atoms with Crippen molar-refractivity contribution in [3.05, 3.63) is 84.2 Å². The molecule has 30 heavy (non-hydrogen) atoms. The van der Waals surface area contributed by atoms with Crippen LogP contribution in [0.3, 0.4) is 0 Å². The Labute approximate surface area is 183 Å². The first-order valence-corrected chi connectivity index (χ1v) is 11.3. The topological polar surface area (TPSA) is 46.0 Å². The van der Waals surface area contributed by atoms with Gasteiger partial charge in [-0.3, -0.25) is 9.97 Å². The summed E-state index contributed by atoms with van der Waals surface area (Å²) >= 11 is 5.89. The van der Waals surface area contributed by atoms with Gasteiger partial charge in [0.2, 0.25) is 0 Å². The minimum Gasteiger partial charge on any atom is -0.352 e. The summed E-state index contributed by atoms with van der Waals surface area (Å²) < 4.78 is 2.31. The maximum atomic E-state index is 5.89. The SMILES string of the molecule is S=C1N[C@@H](c2ccccn2)[C@H](c2cccn2Cc2ccccn2)N1C1CCCCC1. The second kappa shape index (κ2) is 8.56. The Kier molecular flexibility index (Phi) is 5.49. The molecule has 3 aromatic heterocycles. The Morgan fingerprint density at radius 1 is 0.933 bits per heavy atom. The van der Waals surface area contributed by atoms with Gasteiger partial charge in [0, 0.05) is 30.3 Å². The summed E-state index contributed by atoms with van der Waals surface area (Å²) in [5.74, 6) is 0. The van der Waals surface area contributed by atoms with Crippen LogP contribution in [0.1, 0.15) is 61.3 Å². The van der Waals surface area contributed by atoms with E-state index in [0.29, 0.717) is 6.04 Å². The van der Waals surface area contributed by atoms with Crippen LogP contribution in [0.4, 0.5) is 0 Å². The zero-order chi connectivity index (χ0) is 20.3. The molecule has 0 aromatic carbocycles. The Hall–Kier alpha value is -2.73. The van der Waals surface area contributed by atoms with Crippen molar-refractivity contribution in [2.75, 3.05) is 0 Å². The summed E-state index contributed by atoms with van der Waals surface area (Å²) in [5.41, 5.74) is 3.35. The molecule has 6 heteroatoms. The molecule has 0 bridgehead atoms. The molecule has 2 atom stereocenters. The van der Waals surface area contributed by atoms with Gasteiger partial charge in [0.05, 0.1) is 30.0 Å². The van der Waals surface area contributed by atoms with E-state index >= 15 is 0 Å². The molecule has 0 radical (unpaired) electrons. The molecule has 5 nitrogen and oxygen atoms in total. The lowest BCUT2D eigenvalue weighted by molar-refractivity contribution is 0.191. The van der Waals surface area contributed by atoms with Gasteiger partial charge in [0.25, 0.3) is 0 Å². The van der Waals surface area contributed by atoms with Crippen LogP contribution >= 0.6 is 12.2 Å². The van der Waals surface area contributed by atoms with Gasteiger partial charge >= 0.3 is 0 Å². The summed E-state index contributed by atoms with van der Waals surface area (Å²) in [7, 11) is 0. The molecule has 5 rings (SSSR count). The molecule has 1 saturated carbocycles. The average Bonchev–Trinajstić information content (AvgIpc) is 3.39. The number of pyridine rings is 2. The van der Waals surface area contributed by atoms with Gasteiger partial charge in [-0.1, -0.05) is 31.4 Å². The third-order valence-electron chi connectivity index (χ3n) is 6.33. The van der Waals surface area contributed by atoms with E-state index in [1.807, 2.05) is 30.6 Å². The molecule has 0 amide bonds. The Bertz CT molecular complexity index is 981. The Balaban J connectivity index is 1.54. The van der Waals surface area contributed by atoms with Crippen LogP contribution in [0, 0.1) is 0 Å². The van der Waals surface area contributed by atoms with E-state index in [1.165, 1.54) is 37.8 Å². The van der Waals surface area contributed by atoms with E-state index in [0.717, 1.165) is 23.0 Å². The van der Waals surface area contributed by atoms with Gasteiger partial charge in [0.1, 0.15) is 0 Å². The molecule has 4 heterocycles. The van der Waals surface area contributed by atoms with Crippen molar-refractivity contribution in [3.63, 3.8) is 0 Å². The molecule has 1 aliphatic heterocycles. The van der Waals surface area contributed by atoms with Crippen molar-refractivity contribution in [3.8, 4) is 0 Å². The normalized spacial score (nSPS) is 22.3. The van der Waals surface area contributed by atoms with E-state index in [2.05, 4.69) is 61.3 Å². The fourth-order valence-corrected chi connectivity index (χ4v) is 5.33. The number of nitrogens with one attached hydrogen (secondary N) is 1. The van der Waals surface area contributed by atoms with Gasteiger partial charge < -0.3 is 14.8 Å². The molecule has 1 saturated heterocycles. The third kappa shape index (κ3) is 3.72. The maximum Gasteiger partial charge on any atom is 0.170 e. The average molecular weight is 418 g/mol. The van der Waals surface area contributed by atoms with Crippen molar-refractivity contribution in [1.29, 1.82) is 0 Å². The highest BCUT2D eigenvalue weighted by Gasteiger charge is 2.44. The standard InChI is InChI=1S/C24H27N5S/c30-24-27-22(20-12-5-7-15-26-20)23(29(24)19-10-2-1-3-11-19)21-13-8-16-28(21)17-18-9-4-6-14-25-18/h4-9,12-16,19,22-23H,1-3,10-11,17H2,(H,27,30)/t22-,23-/m0/s1. The highest BCUT2D eigenvalue weighted by molar-refractivity contribution is 7.80. The summed E-state index contributed by atoms with van der Waals surface area (Å²) in [6.45, 7) is 0.750. The van der Waals surface area contributed by atoms with Crippen LogP contribution in [0.2, 0.25) is 0 Å². The number of hydrogen-bond acceptors (Lipinski definition) is 3. The Morgan fingerprint density at radius 2 is 1.73 bits per heavy atom. The predicted molar refractivity (Wildman–Crippen MR) is 122 cm³/mol. The zero-order valence-corrected chi connectivity index (χ0v) is 17.8. The van der Waals surface area contributed by atoms with E-state index in [9.17, 15) is 0 Å². The monoisotopic (exact) mass is 417 g/mol. The van der Waals surface area contributed by atoms with Gasteiger partial charge in [-0.05, 0) is 61.5 Å². The second-order valence-electron chi connectivity index (χ2n) is 8.21. The molecule has 0 unspecified atom stereocenters. The van der Waals surface area contributed by atoms with E-state index in [-0.39, 0.29) is 12.1 Å². The van der Waals surface area contributed by atoms with Crippen LogP contribution < -0.4 is 5.32 Å². The molecule has 3 aromatic rings. The lowest BCUT2D eigenvalue weighted by Crippen LogP contribution is -2.40. The van der Waals surface area contributed by atoms with Crippen molar-refractivity contribution in [1.82, 2.24) is 24.8 Å². The van der Waals surface area contributed by atoms with Crippen LogP contribution in [0.15, 0.2) is 67.1 Å². The summed E-state index contributed by atoms with van der Waals surface area (Å²) in [6, 6.07) is 17.2.